The first-order chi connectivity index (χ1) is 10.2. The van der Waals surface area contributed by atoms with Crippen molar-refractivity contribution in [2.45, 2.75) is 77.0 Å². The molecule has 0 heterocycles. The van der Waals surface area contributed by atoms with Crippen LogP contribution in [-0.2, 0) is 9.59 Å². The van der Waals surface area contributed by atoms with Crippen LogP contribution in [0.3, 0.4) is 0 Å². The van der Waals surface area contributed by atoms with E-state index in [-0.39, 0.29) is 5.92 Å². The number of Topliss-reactive ketones (excluding diaryl/α,β-unsaturated/α-hetero) is 1. The van der Waals surface area contributed by atoms with E-state index in [2.05, 4.69) is 4.98 Å². The molecular formula is C17H27N2O2+. The lowest BCUT2D eigenvalue weighted by molar-refractivity contribution is -0.138. The fourth-order valence-corrected chi connectivity index (χ4v) is 4.22. The summed E-state index contributed by atoms with van der Waals surface area (Å²) in [6.45, 7) is 0. The highest BCUT2D eigenvalue weighted by Crippen LogP contribution is 2.36. The zero-order valence-electron chi connectivity index (χ0n) is 12.9. The van der Waals surface area contributed by atoms with Gasteiger partial charge in [0.05, 0.1) is 0 Å². The van der Waals surface area contributed by atoms with Gasteiger partial charge >= 0.3 is 5.91 Å². The van der Waals surface area contributed by atoms with Crippen molar-refractivity contribution in [3.05, 3.63) is 4.98 Å². The molecule has 4 heteroatoms. The first-order valence-electron chi connectivity index (χ1n) is 8.65. The van der Waals surface area contributed by atoms with Gasteiger partial charge < -0.3 is 0 Å². The normalized spacial score (nSPS) is 22.4. The minimum atomic E-state index is -0.950. The molecule has 0 spiro atoms. The van der Waals surface area contributed by atoms with Gasteiger partial charge in [0.25, 0.3) is 5.78 Å². The van der Waals surface area contributed by atoms with Crippen molar-refractivity contribution >= 4 is 11.7 Å². The van der Waals surface area contributed by atoms with Crippen molar-refractivity contribution in [3.63, 3.8) is 0 Å². The van der Waals surface area contributed by atoms with Crippen molar-refractivity contribution in [1.82, 2.24) is 0 Å². The summed E-state index contributed by atoms with van der Waals surface area (Å²) in [7, 11) is 0. The summed E-state index contributed by atoms with van der Waals surface area (Å²) < 4.78 is 0. The zero-order valence-corrected chi connectivity index (χ0v) is 12.9. The molecule has 2 fully saturated rings. The molecule has 0 saturated heterocycles. The predicted octanol–water partition coefficient (Wildman–Crippen LogP) is 4.49. The highest BCUT2D eigenvalue weighted by Gasteiger charge is 2.39. The lowest BCUT2D eigenvalue weighted by Crippen LogP contribution is -2.30. The molecule has 0 radical (unpaired) electrons. The minimum absolute atomic E-state index is 0.212. The van der Waals surface area contributed by atoms with Crippen LogP contribution in [0.5, 0.6) is 0 Å². The smallest absolute Gasteiger partial charge is 0.281 e. The molecule has 21 heavy (non-hydrogen) atoms. The van der Waals surface area contributed by atoms with E-state index in [1.165, 1.54) is 38.5 Å². The summed E-state index contributed by atoms with van der Waals surface area (Å²) in [5.74, 6) is -0.579. The van der Waals surface area contributed by atoms with Gasteiger partial charge in [-0.3, -0.25) is 4.79 Å². The molecule has 2 rings (SSSR count). The summed E-state index contributed by atoms with van der Waals surface area (Å²) >= 11 is 0. The van der Waals surface area contributed by atoms with Gasteiger partial charge in [0, 0.05) is 5.92 Å². The molecule has 0 aromatic heterocycles. The van der Waals surface area contributed by atoms with Crippen molar-refractivity contribution in [2.75, 3.05) is 0 Å². The third-order valence-electron chi connectivity index (χ3n) is 5.47. The number of ketones is 1. The molecule has 2 aliphatic rings. The minimum Gasteiger partial charge on any atom is -0.281 e. The van der Waals surface area contributed by atoms with Crippen molar-refractivity contribution < 1.29 is 9.59 Å². The molecule has 0 aromatic carbocycles. The second kappa shape index (κ2) is 8.26. The van der Waals surface area contributed by atoms with Crippen LogP contribution < -0.4 is 0 Å². The summed E-state index contributed by atoms with van der Waals surface area (Å²) in [6, 6.07) is 0. The third-order valence-corrected chi connectivity index (χ3v) is 5.47. The molecular weight excluding hydrogens is 264 g/mol. The molecule has 4 nitrogen and oxygen atoms in total. The van der Waals surface area contributed by atoms with E-state index in [4.69, 9.17) is 5.39 Å². The van der Waals surface area contributed by atoms with E-state index < -0.39 is 11.7 Å². The van der Waals surface area contributed by atoms with Gasteiger partial charge in [-0.05, 0) is 37.5 Å². The maximum Gasteiger partial charge on any atom is 0.629 e. The lowest BCUT2D eigenvalue weighted by atomic mass is 9.74. The number of carbonyl (C=O) groups is 2. The third kappa shape index (κ3) is 4.62. The Morgan fingerprint density at radius 2 is 1.52 bits per heavy atom. The Morgan fingerprint density at radius 3 is 2.10 bits per heavy atom. The average molecular weight is 291 g/mol. The Bertz CT molecular complexity index is 402. The number of nitrogens with zero attached hydrogens (tertiary/aromatic N) is 2. The Kier molecular flexibility index (Phi) is 6.35. The van der Waals surface area contributed by atoms with Crippen LogP contribution in [0.25, 0.3) is 4.98 Å². The lowest BCUT2D eigenvalue weighted by Gasteiger charge is -2.29. The molecule has 116 valence electrons. The molecule has 0 N–H and O–H groups in total. The first-order valence-corrected chi connectivity index (χ1v) is 8.65. The Hall–Kier alpha value is -1.24. The Labute approximate surface area is 127 Å². The van der Waals surface area contributed by atoms with E-state index in [1.54, 1.807) is 0 Å². The number of hydrogen-bond donors (Lipinski definition) is 0. The van der Waals surface area contributed by atoms with E-state index in [1.807, 2.05) is 0 Å². The Morgan fingerprint density at radius 1 is 0.952 bits per heavy atom. The standard InChI is InChI=1S/C17H27N2O2/c18-19-17(21)16(20)15(14-9-5-2-6-10-14)12-11-13-7-3-1-4-8-13/h13-15H,1-12H2/q+1. The highest BCUT2D eigenvalue weighted by atomic mass is 16.2. The number of carbonyl (C=O) groups excluding carboxylic acids is 2. The molecule has 1 atom stereocenters. The van der Waals surface area contributed by atoms with E-state index >= 15 is 0 Å². The number of diazo groups is 1. The Balaban J connectivity index is 1.95. The number of hydrogen-bond acceptors (Lipinski definition) is 3. The maximum absolute atomic E-state index is 12.2. The molecule has 0 bridgehead atoms. The number of amides is 1. The predicted molar refractivity (Wildman–Crippen MR) is 81.0 cm³/mol. The van der Waals surface area contributed by atoms with Crippen LogP contribution in [0.4, 0.5) is 0 Å². The van der Waals surface area contributed by atoms with Crippen LogP contribution >= 0.6 is 0 Å². The summed E-state index contributed by atoms with van der Waals surface area (Å²) in [6.07, 6.45) is 14.0. The van der Waals surface area contributed by atoms with Crippen molar-refractivity contribution in [1.29, 1.82) is 5.39 Å². The van der Waals surface area contributed by atoms with Crippen LogP contribution in [0.1, 0.15) is 77.0 Å². The topological polar surface area (TPSA) is 62.3 Å². The van der Waals surface area contributed by atoms with Gasteiger partial charge in [-0.15, -0.1) is 0 Å². The SMILES string of the molecule is N#[N+]C(=O)C(=O)C(CCC1CCCCC1)C1CCCCC1. The molecule has 2 saturated carbocycles. The molecule has 0 aromatic rings. The molecule has 0 aliphatic heterocycles. The van der Waals surface area contributed by atoms with Gasteiger partial charge in [0.15, 0.2) is 0 Å². The molecule has 1 amide bonds. The maximum atomic E-state index is 12.2. The highest BCUT2D eigenvalue weighted by molar-refractivity contribution is 6.40. The van der Waals surface area contributed by atoms with Crippen molar-refractivity contribution in [3.8, 4) is 0 Å². The fourth-order valence-electron chi connectivity index (χ4n) is 4.22. The second-order valence-electron chi connectivity index (χ2n) is 6.86. The average Bonchev–Trinajstić information content (AvgIpc) is 2.56. The van der Waals surface area contributed by atoms with Gasteiger partial charge in [0.2, 0.25) is 10.4 Å². The van der Waals surface area contributed by atoms with Crippen molar-refractivity contribution in [2.24, 2.45) is 17.8 Å². The second-order valence-corrected chi connectivity index (χ2v) is 6.86. The summed E-state index contributed by atoms with van der Waals surface area (Å²) in [5.41, 5.74) is 0. The van der Waals surface area contributed by atoms with Gasteiger partial charge in [-0.2, -0.15) is 4.79 Å². The molecule has 1 unspecified atom stereocenters. The summed E-state index contributed by atoms with van der Waals surface area (Å²) in [5, 5.41) is 8.62. The van der Waals surface area contributed by atoms with Gasteiger partial charge in [-0.25, -0.2) is 0 Å². The van der Waals surface area contributed by atoms with E-state index in [9.17, 15) is 9.59 Å². The number of rotatable bonds is 6. The van der Waals surface area contributed by atoms with E-state index in [0.717, 1.165) is 44.4 Å². The van der Waals surface area contributed by atoms with Crippen LogP contribution in [0.2, 0.25) is 0 Å². The van der Waals surface area contributed by atoms with Gasteiger partial charge in [0.1, 0.15) is 0 Å². The van der Waals surface area contributed by atoms with Crippen LogP contribution in [0, 0.1) is 23.1 Å². The zero-order chi connectivity index (χ0) is 15.1. The monoisotopic (exact) mass is 291 g/mol. The summed E-state index contributed by atoms with van der Waals surface area (Å²) in [4.78, 5) is 26.3. The first kappa shape index (κ1) is 16.1. The fraction of sp³-hybridized carbons (Fsp3) is 0.882. The molecule has 2 aliphatic carbocycles. The van der Waals surface area contributed by atoms with E-state index in [0.29, 0.717) is 5.92 Å². The van der Waals surface area contributed by atoms with Crippen LogP contribution in [-0.4, -0.2) is 11.7 Å². The largest absolute Gasteiger partial charge is 0.629 e. The quantitative estimate of drug-likeness (QED) is 0.535. The van der Waals surface area contributed by atoms with Crippen LogP contribution in [0.15, 0.2) is 0 Å². The van der Waals surface area contributed by atoms with Gasteiger partial charge in [-0.1, -0.05) is 51.4 Å².